The molecule has 0 radical (unpaired) electrons. The number of hydrogen-bond acceptors (Lipinski definition) is 4. The predicted molar refractivity (Wildman–Crippen MR) is 81.5 cm³/mol. The Labute approximate surface area is 120 Å². The smallest absolute Gasteiger partial charge is 0.0577 e. The van der Waals surface area contributed by atoms with Gasteiger partial charge in [-0.05, 0) is 38.4 Å². The molecule has 2 aromatic rings. The fourth-order valence-corrected chi connectivity index (χ4v) is 2.05. The van der Waals surface area contributed by atoms with Crippen LogP contribution in [0.15, 0.2) is 48.8 Å². The third-order valence-electron chi connectivity index (χ3n) is 3.13. The Bertz CT molecular complexity index is 484. The van der Waals surface area contributed by atoms with Gasteiger partial charge in [0, 0.05) is 37.6 Å². The summed E-state index contributed by atoms with van der Waals surface area (Å²) in [5, 5.41) is 3.57. The van der Waals surface area contributed by atoms with Crippen molar-refractivity contribution >= 4 is 0 Å². The zero-order valence-corrected chi connectivity index (χ0v) is 12.2. The molecule has 1 N–H and O–H groups in total. The van der Waals surface area contributed by atoms with Crippen LogP contribution in [0.3, 0.4) is 0 Å². The van der Waals surface area contributed by atoms with Gasteiger partial charge in [-0.2, -0.15) is 0 Å². The third-order valence-corrected chi connectivity index (χ3v) is 3.13. The van der Waals surface area contributed by atoms with Crippen molar-refractivity contribution < 1.29 is 0 Å². The molecule has 0 amide bonds. The van der Waals surface area contributed by atoms with E-state index in [1.165, 1.54) is 0 Å². The van der Waals surface area contributed by atoms with E-state index in [-0.39, 0.29) is 6.04 Å². The topological polar surface area (TPSA) is 41.0 Å². The fraction of sp³-hybridized carbons (Fsp3) is 0.375. The van der Waals surface area contributed by atoms with Gasteiger partial charge in [0.05, 0.1) is 11.7 Å². The first-order valence-corrected chi connectivity index (χ1v) is 6.94. The van der Waals surface area contributed by atoms with Gasteiger partial charge < -0.3 is 10.2 Å². The van der Waals surface area contributed by atoms with Crippen LogP contribution in [-0.2, 0) is 6.42 Å². The van der Waals surface area contributed by atoms with Crippen LogP contribution in [0.25, 0.3) is 0 Å². The summed E-state index contributed by atoms with van der Waals surface area (Å²) in [6, 6.07) is 12.3. The Morgan fingerprint density at radius 3 is 2.40 bits per heavy atom. The molecule has 1 atom stereocenters. The van der Waals surface area contributed by atoms with E-state index in [1.54, 1.807) is 0 Å². The van der Waals surface area contributed by atoms with E-state index in [2.05, 4.69) is 46.4 Å². The molecule has 0 aromatic carbocycles. The molecule has 106 valence electrons. The van der Waals surface area contributed by atoms with Crippen LogP contribution in [0.2, 0.25) is 0 Å². The molecule has 0 fully saturated rings. The fourth-order valence-electron chi connectivity index (χ4n) is 2.05. The highest BCUT2D eigenvalue weighted by molar-refractivity contribution is 5.13. The minimum atomic E-state index is 0.200. The number of pyridine rings is 2. The highest BCUT2D eigenvalue weighted by Gasteiger charge is 2.13. The van der Waals surface area contributed by atoms with Crippen LogP contribution < -0.4 is 5.32 Å². The molecule has 0 aliphatic rings. The minimum Gasteiger partial charge on any atom is -0.308 e. The molecular formula is C16H22N4. The van der Waals surface area contributed by atoms with Crippen molar-refractivity contribution in [1.82, 2.24) is 20.2 Å². The van der Waals surface area contributed by atoms with Crippen molar-refractivity contribution in [2.24, 2.45) is 0 Å². The predicted octanol–water partition coefficient (Wildman–Crippen LogP) is 1.91. The van der Waals surface area contributed by atoms with Crippen molar-refractivity contribution in [3.63, 3.8) is 0 Å². The lowest BCUT2D eigenvalue weighted by Gasteiger charge is -2.19. The Kier molecular flexibility index (Phi) is 5.65. The molecule has 0 saturated heterocycles. The molecule has 2 heterocycles. The SMILES string of the molecule is CN(C)CCNC(Cc1ccccn1)c1ccccn1. The normalized spacial score (nSPS) is 12.6. The Morgan fingerprint density at radius 2 is 1.80 bits per heavy atom. The quantitative estimate of drug-likeness (QED) is 0.834. The Hall–Kier alpha value is -1.78. The summed E-state index contributed by atoms with van der Waals surface area (Å²) in [5.74, 6) is 0. The summed E-state index contributed by atoms with van der Waals surface area (Å²) in [4.78, 5) is 11.0. The van der Waals surface area contributed by atoms with Crippen molar-refractivity contribution in [2.45, 2.75) is 12.5 Å². The minimum absolute atomic E-state index is 0.200. The van der Waals surface area contributed by atoms with Crippen molar-refractivity contribution in [1.29, 1.82) is 0 Å². The highest BCUT2D eigenvalue weighted by Crippen LogP contribution is 2.14. The molecule has 4 nitrogen and oxygen atoms in total. The molecule has 0 saturated carbocycles. The van der Waals surface area contributed by atoms with Crippen molar-refractivity contribution in [3.05, 3.63) is 60.2 Å². The van der Waals surface area contributed by atoms with Crippen molar-refractivity contribution in [2.75, 3.05) is 27.2 Å². The van der Waals surface area contributed by atoms with E-state index in [9.17, 15) is 0 Å². The van der Waals surface area contributed by atoms with Gasteiger partial charge in [0.15, 0.2) is 0 Å². The number of aromatic nitrogens is 2. The lowest BCUT2D eigenvalue weighted by atomic mass is 10.1. The van der Waals surface area contributed by atoms with Gasteiger partial charge in [-0.1, -0.05) is 12.1 Å². The molecule has 0 spiro atoms. The first-order valence-electron chi connectivity index (χ1n) is 6.94. The summed E-state index contributed by atoms with van der Waals surface area (Å²) in [6.45, 7) is 1.94. The number of likely N-dealkylation sites (N-methyl/N-ethyl adjacent to an activating group) is 1. The third kappa shape index (κ3) is 4.72. The average Bonchev–Trinajstić information content (AvgIpc) is 2.48. The van der Waals surface area contributed by atoms with E-state index in [0.717, 1.165) is 30.9 Å². The van der Waals surface area contributed by atoms with Crippen LogP contribution in [0, 0.1) is 0 Å². The van der Waals surface area contributed by atoms with Gasteiger partial charge >= 0.3 is 0 Å². The Morgan fingerprint density at radius 1 is 1.05 bits per heavy atom. The largest absolute Gasteiger partial charge is 0.308 e. The van der Waals surface area contributed by atoms with Gasteiger partial charge in [-0.15, -0.1) is 0 Å². The molecule has 0 aliphatic heterocycles. The van der Waals surface area contributed by atoms with Gasteiger partial charge in [0.1, 0.15) is 0 Å². The maximum Gasteiger partial charge on any atom is 0.0577 e. The van der Waals surface area contributed by atoms with Gasteiger partial charge in [0.2, 0.25) is 0 Å². The monoisotopic (exact) mass is 270 g/mol. The molecule has 1 unspecified atom stereocenters. The number of rotatable bonds is 7. The summed E-state index contributed by atoms with van der Waals surface area (Å²) < 4.78 is 0. The van der Waals surface area contributed by atoms with Gasteiger partial charge in [0.25, 0.3) is 0 Å². The standard InChI is InChI=1S/C16H22N4/c1-20(2)12-11-19-16(15-8-4-6-10-18-15)13-14-7-3-5-9-17-14/h3-10,16,19H,11-13H2,1-2H3. The van der Waals surface area contributed by atoms with Gasteiger partial charge in [-0.25, -0.2) is 0 Å². The van der Waals surface area contributed by atoms with E-state index >= 15 is 0 Å². The molecule has 0 bridgehead atoms. The zero-order valence-electron chi connectivity index (χ0n) is 12.2. The highest BCUT2D eigenvalue weighted by atomic mass is 15.1. The molecule has 20 heavy (non-hydrogen) atoms. The first-order chi connectivity index (χ1) is 9.75. The van der Waals surface area contributed by atoms with E-state index in [0.29, 0.717) is 0 Å². The summed E-state index contributed by atoms with van der Waals surface area (Å²) in [7, 11) is 4.16. The summed E-state index contributed by atoms with van der Waals surface area (Å²) in [6.07, 6.45) is 4.53. The van der Waals surface area contributed by atoms with E-state index in [4.69, 9.17) is 0 Å². The first kappa shape index (κ1) is 14.6. The number of nitrogens with one attached hydrogen (secondary N) is 1. The molecular weight excluding hydrogens is 248 g/mol. The molecule has 0 aliphatic carbocycles. The van der Waals surface area contributed by atoms with Crippen LogP contribution in [-0.4, -0.2) is 42.1 Å². The second kappa shape index (κ2) is 7.72. The average molecular weight is 270 g/mol. The van der Waals surface area contributed by atoms with Crippen LogP contribution in [0.4, 0.5) is 0 Å². The van der Waals surface area contributed by atoms with Crippen LogP contribution in [0.5, 0.6) is 0 Å². The van der Waals surface area contributed by atoms with Gasteiger partial charge in [-0.3, -0.25) is 9.97 Å². The number of hydrogen-bond donors (Lipinski definition) is 1. The van der Waals surface area contributed by atoms with Crippen LogP contribution >= 0.6 is 0 Å². The van der Waals surface area contributed by atoms with Crippen LogP contribution in [0.1, 0.15) is 17.4 Å². The second-order valence-electron chi connectivity index (χ2n) is 5.09. The van der Waals surface area contributed by atoms with E-state index < -0.39 is 0 Å². The molecule has 2 rings (SSSR count). The number of nitrogens with zero attached hydrogens (tertiary/aromatic N) is 3. The zero-order chi connectivity index (χ0) is 14.2. The summed E-state index contributed by atoms with van der Waals surface area (Å²) in [5.41, 5.74) is 2.15. The molecule has 2 aromatic heterocycles. The second-order valence-corrected chi connectivity index (χ2v) is 5.09. The lowest BCUT2D eigenvalue weighted by Crippen LogP contribution is -2.31. The maximum atomic E-state index is 4.47. The van der Waals surface area contributed by atoms with Crippen molar-refractivity contribution in [3.8, 4) is 0 Å². The summed E-state index contributed by atoms with van der Waals surface area (Å²) >= 11 is 0. The maximum absolute atomic E-state index is 4.47. The van der Waals surface area contributed by atoms with E-state index in [1.807, 2.05) is 36.7 Å². The Balaban J connectivity index is 2.04. The molecule has 4 heteroatoms. The lowest BCUT2D eigenvalue weighted by molar-refractivity contribution is 0.381.